The Morgan fingerprint density at radius 1 is 1.15 bits per heavy atom. The van der Waals surface area contributed by atoms with Crippen LogP contribution >= 0.6 is 0 Å². The van der Waals surface area contributed by atoms with Crippen molar-refractivity contribution < 1.29 is 0 Å². The summed E-state index contributed by atoms with van der Waals surface area (Å²) in [5.41, 5.74) is 7.98. The highest BCUT2D eigenvalue weighted by Gasteiger charge is 2.26. The third-order valence-corrected chi connectivity index (χ3v) is 6.19. The van der Waals surface area contributed by atoms with Crippen molar-refractivity contribution in [3.05, 3.63) is 57.0 Å². The van der Waals surface area contributed by atoms with Crippen LogP contribution in [0.2, 0.25) is 0 Å². The SMILES string of the molecule is CC#CCn1c(N2CCCC(N)C2)nc2c1c(=O)n(Cc1cnc3ccccc3n1)c(=O)n2C. The predicted molar refractivity (Wildman–Crippen MR) is 131 cm³/mol. The first-order chi connectivity index (χ1) is 16.5. The molecule has 1 aliphatic heterocycles. The fourth-order valence-electron chi connectivity index (χ4n) is 4.47. The van der Waals surface area contributed by atoms with Gasteiger partial charge in [0.25, 0.3) is 5.56 Å². The Balaban J connectivity index is 1.68. The van der Waals surface area contributed by atoms with Gasteiger partial charge in [-0.1, -0.05) is 18.1 Å². The Labute approximate surface area is 195 Å². The zero-order chi connectivity index (χ0) is 23.8. The molecule has 0 radical (unpaired) electrons. The first-order valence-electron chi connectivity index (χ1n) is 11.3. The number of hydrogen-bond donors (Lipinski definition) is 1. The van der Waals surface area contributed by atoms with Crippen LogP contribution in [0.1, 0.15) is 25.5 Å². The highest BCUT2D eigenvalue weighted by molar-refractivity contribution is 5.75. The first kappa shape index (κ1) is 21.9. The van der Waals surface area contributed by atoms with E-state index < -0.39 is 11.2 Å². The highest BCUT2D eigenvalue weighted by atomic mass is 16.2. The molecule has 0 amide bonds. The third-order valence-electron chi connectivity index (χ3n) is 6.19. The summed E-state index contributed by atoms with van der Waals surface area (Å²) in [5, 5.41) is 0. The monoisotopic (exact) mass is 458 g/mol. The molecule has 10 heteroatoms. The van der Waals surface area contributed by atoms with Gasteiger partial charge < -0.3 is 10.6 Å². The van der Waals surface area contributed by atoms with Crippen molar-refractivity contribution >= 4 is 28.1 Å². The molecule has 1 fully saturated rings. The fraction of sp³-hybridized carbons (Fsp3) is 0.375. The van der Waals surface area contributed by atoms with E-state index in [9.17, 15) is 9.59 Å². The van der Waals surface area contributed by atoms with Gasteiger partial charge in [-0.3, -0.25) is 23.5 Å². The minimum atomic E-state index is -0.458. The number of anilines is 1. The number of piperidine rings is 1. The second-order valence-electron chi connectivity index (χ2n) is 8.53. The molecule has 1 saturated heterocycles. The van der Waals surface area contributed by atoms with Crippen molar-refractivity contribution in [3.63, 3.8) is 0 Å². The van der Waals surface area contributed by atoms with Crippen LogP contribution in [0.25, 0.3) is 22.2 Å². The van der Waals surface area contributed by atoms with E-state index in [4.69, 9.17) is 10.7 Å². The lowest BCUT2D eigenvalue weighted by atomic mass is 10.1. The Bertz CT molecular complexity index is 1570. The van der Waals surface area contributed by atoms with Gasteiger partial charge in [0, 0.05) is 26.2 Å². The number of fused-ring (bicyclic) bond motifs is 2. The van der Waals surface area contributed by atoms with Crippen LogP contribution in [0.5, 0.6) is 0 Å². The minimum Gasteiger partial charge on any atom is -0.341 e. The minimum absolute atomic E-state index is 0.00778. The summed E-state index contributed by atoms with van der Waals surface area (Å²) in [6.07, 6.45) is 3.48. The smallest absolute Gasteiger partial charge is 0.332 e. The van der Waals surface area contributed by atoms with Gasteiger partial charge in [-0.2, -0.15) is 4.98 Å². The predicted octanol–water partition coefficient (Wildman–Crippen LogP) is 0.839. The number of nitrogens with zero attached hydrogens (tertiary/aromatic N) is 7. The largest absolute Gasteiger partial charge is 0.341 e. The average Bonchev–Trinajstić information content (AvgIpc) is 3.23. The van der Waals surface area contributed by atoms with E-state index in [2.05, 4.69) is 26.7 Å². The van der Waals surface area contributed by atoms with E-state index in [1.54, 1.807) is 24.7 Å². The fourth-order valence-corrected chi connectivity index (χ4v) is 4.47. The molecule has 2 N–H and O–H groups in total. The number of imidazole rings is 1. The van der Waals surface area contributed by atoms with Crippen LogP contribution in [-0.2, 0) is 20.1 Å². The van der Waals surface area contributed by atoms with Crippen LogP contribution < -0.4 is 21.9 Å². The van der Waals surface area contributed by atoms with Gasteiger partial charge in [0.2, 0.25) is 5.95 Å². The number of para-hydroxylation sites is 2. The Morgan fingerprint density at radius 2 is 1.94 bits per heavy atom. The molecule has 174 valence electrons. The lowest BCUT2D eigenvalue weighted by molar-refractivity contribution is 0.496. The van der Waals surface area contributed by atoms with Crippen molar-refractivity contribution in [3.8, 4) is 11.8 Å². The van der Waals surface area contributed by atoms with Crippen LogP contribution in [0, 0.1) is 11.8 Å². The quantitative estimate of drug-likeness (QED) is 0.450. The van der Waals surface area contributed by atoms with E-state index in [-0.39, 0.29) is 19.1 Å². The molecule has 3 aromatic heterocycles. The van der Waals surface area contributed by atoms with Crippen molar-refractivity contribution in [2.45, 2.75) is 38.9 Å². The zero-order valence-corrected chi connectivity index (χ0v) is 19.2. The summed E-state index contributed by atoms with van der Waals surface area (Å²) in [4.78, 5) is 42.7. The zero-order valence-electron chi connectivity index (χ0n) is 19.2. The van der Waals surface area contributed by atoms with Crippen LogP contribution in [0.4, 0.5) is 5.95 Å². The van der Waals surface area contributed by atoms with Gasteiger partial charge in [-0.05, 0) is 31.9 Å². The third kappa shape index (κ3) is 3.74. The molecule has 0 bridgehead atoms. The number of benzene rings is 1. The van der Waals surface area contributed by atoms with E-state index in [1.165, 1.54) is 9.13 Å². The number of aryl methyl sites for hydroxylation is 1. The number of rotatable bonds is 4. The number of hydrogen-bond acceptors (Lipinski definition) is 7. The topological polar surface area (TPSA) is 117 Å². The average molecular weight is 459 g/mol. The summed E-state index contributed by atoms with van der Waals surface area (Å²) in [6, 6.07) is 7.51. The maximum atomic E-state index is 13.7. The standard InChI is InChI=1S/C24H26N8O2/c1-3-4-12-31-20-21(28-23(31)30-11-7-8-16(25)14-30)29(2)24(34)32(22(20)33)15-17-13-26-18-9-5-6-10-19(18)27-17/h5-6,9-10,13,16H,7-8,11-12,14-15,25H2,1-2H3. The Kier molecular flexibility index (Phi) is 5.63. The van der Waals surface area contributed by atoms with Crippen LogP contribution in [0.15, 0.2) is 40.1 Å². The normalized spacial score (nSPS) is 16.1. The van der Waals surface area contributed by atoms with Gasteiger partial charge in [0.05, 0.1) is 36.0 Å². The van der Waals surface area contributed by atoms with E-state index in [0.29, 0.717) is 34.9 Å². The molecular formula is C24H26N8O2. The molecule has 4 heterocycles. The molecule has 0 saturated carbocycles. The lowest BCUT2D eigenvalue weighted by Gasteiger charge is -2.31. The van der Waals surface area contributed by atoms with E-state index in [1.807, 2.05) is 24.3 Å². The van der Waals surface area contributed by atoms with Gasteiger partial charge in [-0.15, -0.1) is 5.92 Å². The maximum Gasteiger partial charge on any atom is 0.332 e. The molecule has 10 nitrogen and oxygen atoms in total. The first-order valence-corrected chi connectivity index (χ1v) is 11.3. The summed E-state index contributed by atoms with van der Waals surface area (Å²) >= 11 is 0. The van der Waals surface area contributed by atoms with Crippen LogP contribution in [-0.4, -0.2) is 47.8 Å². The molecule has 1 unspecified atom stereocenters. The number of aromatic nitrogens is 6. The van der Waals surface area contributed by atoms with Gasteiger partial charge in [0.1, 0.15) is 0 Å². The molecule has 1 atom stereocenters. The molecule has 1 aromatic carbocycles. The second kappa shape index (κ2) is 8.76. The molecular weight excluding hydrogens is 432 g/mol. The summed E-state index contributed by atoms with van der Waals surface area (Å²) < 4.78 is 4.40. The summed E-state index contributed by atoms with van der Waals surface area (Å²) in [6.45, 7) is 3.47. The summed E-state index contributed by atoms with van der Waals surface area (Å²) in [5.74, 6) is 6.54. The second-order valence-corrected chi connectivity index (χ2v) is 8.53. The van der Waals surface area contributed by atoms with E-state index in [0.717, 1.165) is 24.9 Å². The van der Waals surface area contributed by atoms with Crippen molar-refractivity contribution in [1.29, 1.82) is 0 Å². The van der Waals surface area contributed by atoms with Crippen LogP contribution in [0.3, 0.4) is 0 Å². The number of nitrogens with two attached hydrogens (primary N) is 1. The molecule has 4 aromatic rings. The van der Waals surface area contributed by atoms with Gasteiger partial charge >= 0.3 is 5.69 Å². The Morgan fingerprint density at radius 3 is 2.71 bits per heavy atom. The van der Waals surface area contributed by atoms with Crippen molar-refractivity contribution in [2.75, 3.05) is 18.0 Å². The molecule has 1 aliphatic rings. The molecule has 0 spiro atoms. The molecule has 0 aliphatic carbocycles. The Hall–Kier alpha value is -3.97. The molecule has 34 heavy (non-hydrogen) atoms. The van der Waals surface area contributed by atoms with Crippen molar-refractivity contribution in [1.82, 2.24) is 28.7 Å². The van der Waals surface area contributed by atoms with E-state index >= 15 is 0 Å². The highest BCUT2D eigenvalue weighted by Crippen LogP contribution is 2.23. The van der Waals surface area contributed by atoms with Crippen molar-refractivity contribution in [2.24, 2.45) is 12.8 Å². The maximum absolute atomic E-state index is 13.7. The molecule has 5 rings (SSSR count). The summed E-state index contributed by atoms with van der Waals surface area (Å²) in [7, 11) is 1.63. The van der Waals surface area contributed by atoms with Gasteiger partial charge in [-0.25, -0.2) is 9.78 Å². The lowest BCUT2D eigenvalue weighted by Crippen LogP contribution is -2.44. The van der Waals surface area contributed by atoms with Gasteiger partial charge in [0.15, 0.2) is 11.2 Å².